The summed E-state index contributed by atoms with van der Waals surface area (Å²) in [7, 11) is 1.98. The minimum absolute atomic E-state index is 0. The van der Waals surface area contributed by atoms with Crippen LogP contribution in [0.4, 0.5) is 5.69 Å². The quantitative estimate of drug-likeness (QED) is 0.719. The van der Waals surface area contributed by atoms with Gasteiger partial charge in [0.05, 0.1) is 0 Å². The van der Waals surface area contributed by atoms with Crippen molar-refractivity contribution in [2.24, 2.45) is 0 Å². The second-order valence-electron chi connectivity index (χ2n) is 3.12. The molecule has 0 unspecified atom stereocenters. The first kappa shape index (κ1) is 10.4. The fraction of sp³-hybridized carbons (Fsp3) is 0.400. The van der Waals surface area contributed by atoms with Crippen molar-refractivity contribution in [1.82, 2.24) is 5.32 Å². The number of hydrogen-bond donors (Lipinski definition) is 2. The van der Waals surface area contributed by atoms with Crippen LogP contribution in [0.1, 0.15) is 11.1 Å². The maximum absolute atomic E-state index is 3.38. The summed E-state index contributed by atoms with van der Waals surface area (Å²) in [6, 6.07) is 6.47. The normalized spacial score (nSPS) is 14.2. The van der Waals surface area contributed by atoms with Crippen LogP contribution in [-0.4, -0.2) is 13.6 Å². The Morgan fingerprint density at radius 3 is 3.00 bits per heavy atom. The highest BCUT2D eigenvalue weighted by Crippen LogP contribution is 2.21. The lowest BCUT2D eigenvalue weighted by molar-refractivity contribution is 0.645. The molecule has 2 nitrogen and oxygen atoms in total. The third kappa shape index (κ3) is 1.95. The summed E-state index contributed by atoms with van der Waals surface area (Å²) >= 11 is 0. The molecule has 0 aliphatic carbocycles. The number of anilines is 1. The summed E-state index contributed by atoms with van der Waals surface area (Å²) in [5.41, 5.74) is 4.19. The van der Waals surface area contributed by atoms with Gasteiger partial charge in [-0.25, -0.2) is 0 Å². The topological polar surface area (TPSA) is 24.1 Å². The monoisotopic (exact) mass is 198 g/mol. The van der Waals surface area contributed by atoms with Crippen LogP contribution in [-0.2, 0) is 13.0 Å². The van der Waals surface area contributed by atoms with E-state index in [1.807, 2.05) is 7.05 Å². The zero-order valence-electron chi connectivity index (χ0n) is 7.76. The average Bonchev–Trinajstić information content (AvgIpc) is 2.17. The Morgan fingerprint density at radius 1 is 1.38 bits per heavy atom. The molecule has 0 bridgehead atoms. The molecule has 72 valence electrons. The van der Waals surface area contributed by atoms with E-state index in [9.17, 15) is 0 Å². The molecule has 1 aromatic rings. The van der Waals surface area contributed by atoms with E-state index < -0.39 is 0 Å². The second kappa shape index (κ2) is 4.49. The Balaban J connectivity index is 0.000000845. The summed E-state index contributed by atoms with van der Waals surface area (Å²) in [5, 5.41) is 6.59. The van der Waals surface area contributed by atoms with Gasteiger partial charge in [-0.05, 0) is 30.2 Å². The minimum atomic E-state index is 0. The molecular formula is C10H15ClN2. The van der Waals surface area contributed by atoms with Crippen LogP contribution in [0.5, 0.6) is 0 Å². The Morgan fingerprint density at radius 2 is 2.23 bits per heavy atom. The molecule has 0 amide bonds. The highest BCUT2D eigenvalue weighted by molar-refractivity contribution is 5.85. The Labute approximate surface area is 85.1 Å². The maximum Gasteiger partial charge on any atom is 0.0385 e. The molecule has 1 heterocycles. The molecule has 0 atom stereocenters. The minimum Gasteiger partial charge on any atom is -0.388 e. The molecule has 0 spiro atoms. The van der Waals surface area contributed by atoms with Gasteiger partial charge < -0.3 is 10.6 Å². The van der Waals surface area contributed by atoms with Crippen molar-refractivity contribution in [3.05, 3.63) is 29.3 Å². The summed E-state index contributed by atoms with van der Waals surface area (Å²) in [6.45, 7) is 2.12. The van der Waals surface area contributed by atoms with Gasteiger partial charge in [0, 0.05) is 19.3 Å². The summed E-state index contributed by atoms with van der Waals surface area (Å²) in [5.74, 6) is 0. The van der Waals surface area contributed by atoms with Crippen LogP contribution < -0.4 is 10.6 Å². The molecule has 0 saturated carbocycles. The van der Waals surface area contributed by atoms with Crippen molar-refractivity contribution in [2.75, 3.05) is 18.9 Å². The summed E-state index contributed by atoms with van der Waals surface area (Å²) in [6.07, 6.45) is 1.16. The SMILES string of the molecule is CNc1cccc2c1CNCC2.Cl. The van der Waals surface area contributed by atoms with Gasteiger partial charge in [0.2, 0.25) is 0 Å². The molecule has 2 rings (SSSR count). The van der Waals surface area contributed by atoms with E-state index in [0.717, 1.165) is 19.5 Å². The number of nitrogens with one attached hydrogen (secondary N) is 2. The lowest BCUT2D eigenvalue weighted by Crippen LogP contribution is -2.24. The highest BCUT2D eigenvalue weighted by Gasteiger charge is 2.10. The molecule has 0 saturated heterocycles. The Kier molecular flexibility index (Phi) is 3.58. The Hall–Kier alpha value is -0.730. The van der Waals surface area contributed by atoms with Crippen LogP contribution in [0.3, 0.4) is 0 Å². The first-order chi connectivity index (χ1) is 5.92. The fourth-order valence-corrected chi connectivity index (χ4v) is 1.75. The third-order valence-electron chi connectivity index (χ3n) is 2.42. The lowest BCUT2D eigenvalue weighted by Gasteiger charge is -2.19. The molecule has 1 aromatic carbocycles. The average molecular weight is 199 g/mol. The van der Waals surface area contributed by atoms with Crippen molar-refractivity contribution in [3.63, 3.8) is 0 Å². The van der Waals surface area contributed by atoms with Crippen LogP contribution in [0.2, 0.25) is 0 Å². The van der Waals surface area contributed by atoms with Crippen LogP contribution >= 0.6 is 12.4 Å². The largest absolute Gasteiger partial charge is 0.388 e. The number of halogens is 1. The van der Waals surface area contributed by atoms with E-state index >= 15 is 0 Å². The van der Waals surface area contributed by atoms with Gasteiger partial charge in [0.25, 0.3) is 0 Å². The third-order valence-corrected chi connectivity index (χ3v) is 2.42. The van der Waals surface area contributed by atoms with Crippen molar-refractivity contribution >= 4 is 18.1 Å². The van der Waals surface area contributed by atoms with Gasteiger partial charge in [-0.3, -0.25) is 0 Å². The van der Waals surface area contributed by atoms with Gasteiger partial charge >= 0.3 is 0 Å². The number of fused-ring (bicyclic) bond motifs is 1. The number of rotatable bonds is 1. The summed E-state index contributed by atoms with van der Waals surface area (Å²) in [4.78, 5) is 0. The molecule has 0 fully saturated rings. The van der Waals surface area contributed by atoms with Gasteiger partial charge in [0.1, 0.15) is 0 Å². The number of benzene rings is 1. The second-order valence-corrected chi connectivity index (χ2v) is 3.12. The smallest absolute Gasteiger partial charge is 0.0385 e. The molecule has 1 aliphatic rings. The van der Waals surface area contributed by atoms with Crippen molar-refractivity contribution in [1.29, 1.82) is 0 Å². The van der Waals surface area contributed by atoms with Crippen molar-refractivity contribution < 1.29 is 0 Å². The van der Waals surface area contributed by atoms with Gasteiger partial charge in [-0.1, -0.05) is 12.1 Å². The first-order valence-corrected chi connectivity index (χ1v) is 4.41. The predicted molar refractivity (Wildman–Crippen MR) is 58.6 cm³/mol. The molecular weight excluding hydrogens is 184 g/mol. The predicted octanol–water partition coefficient (Wildman–Crippen LogP) is 1.80. The van der Waals surface area contributed by atoms with Crippen LogP contribution in [0, 0.1) is 0 Å². The van der Waals surface area contributed by atoms with Crippen LogP contribution in [0.25, 0.3) is 0 Å². The first-order valence-electron chi connectivity index (χ1n) is 4.41. The van der Waals surface area contributed by atoms with Crippen molar-refractivity contribution in [2.45, 2.75) is 13.0 Å². The van der Waals surface area contributed by atoms with Crippen LogP contribution in [0.15, 0.2) is 18.2 Å². The molecule has 3 heteroatoms. The van der Waals surface area contributed by atoms with E-state index in [4.69, 9.17) is 0 Å². The summed E-state index contributed by atoms with van der Waals surface area (Å²) < 4.78 is 0. The van der Waals surface area contributed by atoms with E-state index in [-0.39, 0.29) is 12.4 Å². The maximum atomic E-state index is 3.38. The molecule has 2 N–H and O–H groups in total. The van der Waals surface area contributed by atoms with Gasteiger partial charge in [0.15, 0.2) is 0 Å². The number of hydrogen-bond acceptors (Lipinski definition) is 2. The van der Waals surface area contributed by atoms with Crippen molar-refractivity contribution in [3.8, 4) is 0 Å². The van der Waals surface area contributed by atoms with E-state index in [2.05, 4.69) is 28.8 Å². The lowest BCUT2D eigenvalue weighted by atomic mass is 9.99. The zero-order chi connectivity index (χ0) is 8.39. The molecule has 1 aliphatic heterocycles. The van der Waals surface area contributed by atoms with E-state index in [0.29, 0.717) is 0 Å². The highest BCUT2D eigenvalue weighted by atomic mass is 35.5. The van der Waals surface area contributed by atoms with E-state index in [1.54, 1.807) is 0 Å². The molecule has 0 radical (unpaired) electrons. The fourth-order valence-electron chi connectivity index (χ4n) is 1.75. The van der Waals surface area contributed by atoms with E-state index in [1.165, 1.54) is 16.8 Å². The molecule has 0 aromatic heterocycles. The standard InChI is InChI=1S/C10H14N2.ClH/c1-11-10-4-2-3-8-5-6-12-7-9(8)10;/h2-4,11-12H,5-7H2,1H3;1H. The van der Waals surface area contributed by atoms with Gasteiger partial charge in [-0.15, -0.1) is 12.4 Å². The van der Waals surface area contributed by atoms with Gasteiger partial charge in [-0.2, -0.15) is 0 Å². The molecule has 13 heavy (non-hydrogen) atoms. The zero-order valence-corrected chi connectivity index (χ0v) is 8.58. The Bertz CT molecular complexity index is 272.